The van der Waals surface area contributed by atoms with Gasteiger partial charge in [-0.1, -0.05) is 0 Å². The summed E-state index contributed by atoms with van der Waals surface area (Å²) in [7, 11) is 0. The van der Waals surface area contributed by atoms with Gasteiger partial charge in [0.25, 0.3) is 0 Å². The Hall–Kier alpha value is -2.42. The lowest BCUT2D eigenvalue weighted by molar-refractivity contribution is -0.137. The normalized spacial score (nSPS) is 11.2. The summed E-state index contributed by atoms with van der Waals surface area (Å²) in [5.74, 6) is 1.39. The second-order valence-corrected chi connectivity index (χ2v) is 4.24. The minimum atomic E-state index is -4.46. The van der Waals surface area contributed by atoms with Gasteiger partial charge in [-0.3, -0.25) is 0 Å². The summed E-state index contributed by atoms with van der Waals surface area (Å²) in [4.78, 5) is 0. The van der Waals surface area contributed by atoms with E-state index in [0.717, 1.165) is 17.9 Å². The van der Waals surface area contributed by atoms with E-state index in [4.69, 9.17) is 9.68 Å². The fraction of sp³-hybridized carbons (Fsp3) is 0.214. The molecule has 3 nitrogen and oxygen atoms in total. The van der Waals surface area contributed by atoms with E-state index >= 15 is 0 Å². The van der Waals surface area contributed by atoms with Crippen LogP contribution < -0.4 is 5.32 Å². The SMILES string of the molecule is Cc1ccc(CNc2ccc(C(F)(F)F)cc2C#N)o1. The van der Waals surface area contributed by atoms with Gasteiger partial charge in [-0.25, -0.2) is 0 Å². The van der Waals surface area contributed by atoms with Crippen LogP contribution in [0.2, 0.25) is 0 Å². The molecule has 1 heterocycles. The first-order valence-electron chi connectivity index (χ1n) is 5.80. The average Bonchev–Trinajstić information content (AvgIpc) is 2.81. The highest BCUT2D eigenvalue weighted by molar-refractivity contribution is 5.59. The van der Waals surface area contributed by atoms with Crippen molar-refractivity contribution in [2.24, 2.45) is 0 Å². The van der Waals surface area contributed by atoms with Gasteiger partial charge in [0.15, 0.2) is 0 Å². The van der Waals surface area contributed by atoms with E-state index in [0.29, 0.717) is 18.0 Å². The maximum absolute atomic E-state index is 12.5. The lowest BCUT2D eigenvalue weighted by Crippen LogP contribution is -2.07. The summed E-state index contributed by atoms with van der Waals surface area (Å²) in [5.41, 5.74) is -0.550. The Morgan fingerprint density at radius 3 is 2.55 bits per heavy atom. The van der Waals surface area contributed by atoms with Gasteiger partial charge >= 0.3 is 6.18 Å². The minimum absolute atomic E-state index is 0.0527. The number of halogens is 3. The third kappa shape index (κ3) is 3.12. The van der Waals surface area contributed by atoms with Crippen molar-refractivity contribution in [3.8, 4) is 6.07 Å². The van der Waals surface area contributed by atoms with Crippen LogP contribution in [0.3, 0.4) is 0 Å². The van der Waals surface area contributed by atoms with E-state index in [2.05, 4.69) is 5.32 Å². The Balaban J connectivity index is 2.18. The molecule has 2 aromatic rings. The highest BCUT2D eigenvalue weighted by Gasteiger charge is 2.31. The molecule has 20 heavy (non-hydrogen) atoms. The Morgan fingerprint density at radius 2 is 2.00 bits per heavy atom. The summed E-state index contributed by atoms with van der Waals surface area (Å²) >= 11 is 0. The van der Waals surface area contributed by atoms with Gasteiger partial charge in [-0.05, 0) is 37.3 Å². The number of alkyl halides is 3. The zero-order valence-corrected chi connectivity index (χ0v) is 10.6. The van der Waals surface area contributed by atoms with E-state index in [1.165, 1.54) is 6.07 Å². The highest BCUT2D eigenvalue weighted by atomic mass is 19.4. The van der Waals surface area contributed by atoms with Crippen LogP contribution in [0.1, 0.15) is 22.6 Å². The van der Waals surface area contributed by atoms with Crippen LogP contribution in [0, 0.1) is 18.3 Å². The Morgan fingerprint density at radius 1 is 1.25 bits per heavy atom. The fourth-order valence-electron chi connectivity index (χ4n) is 1.73. The number of nitrogens with zero attached hydrogens (tertiary/aromatic N) is 1. The van der Waals surface area contributed by atoms with Crippen LogP contribution in [-0.2, 0) is 12.7 Å². The molecular weight excluding hydrogens is 269 g/mol. The first kappa shape index (κ1) is 14.0. The lowest BCUT2D eigenvalue weighted by atomic mass is 10.1. The largest absolute Gasteiger partial charge is 0.465 e. The topological polar surface area (TPSA) is 49.0 Å². The van der Waals surface area contributed by atoms with E-state index in [1.807, 2.05) is 0 Å². The molecule has 0 aliphatic carbocycles. The van der Waals surface area contributed by atoms with Crippen molar-refractivity contribution in [2.75, 3.05) is 5.32 Å². The summed E-state index contributed by atoms with van der Waals surface area (Å²) in [6.45, 7) is 2.09. The van der Waals surface area contributed by atoms with E-state index in [9.17, 15) is 13.2 Å². The quantitative estimate of drug-likeness (QED) is 0.921. The number of nitrogens with one attached hydrogen (secondary N) is 1. The molecule has 0 aliphatic rings. The monoisotopic (exact) mass is 280 g/mol. The Labute approximate surface area is 113 Å². The molecule has 6 heteroatoms. The number of furan rings is 1. The average molecular weight is 280 g/mol. The van der Waals surface area contributed by atoms with Gasteiger partial charge in [0.1, 0.15) is 17.6 Å². The first-order chi connectivity index (χ1) is 9.40. The van der Waals surface area contributed by atoms with Gasteiger partial charge in [0, 0.05) is 0 Å². The molecule has 0 atom stereocenters. The predicted octanol–water partition coefficient (Wildman–Crippen LogP) is 4.09. The molecule has 0 amide bonds. The second kappa shape index (κ2) is 5.29. The number of aryl methyl sites for hydroxylation is 1. The van der Waals surface area contributed by atoms with Crippen LogP contribution in [-0.4, -0.2) is 0 Å². The first-order valence-corrected chi connectivity index (χ1v) is 5.80. The molecule has 0 unspecified atom stereocenters. The van der Waals surface area contributed by atoms with Gasteiger partial charge in [0.05, 0.1) is 23.4 Å². The fourth-order valence-corrected chi connectivity index (χ4v) is 1.73. The lowest BCUT2D eigenvalue weighted by Gasteiger charge is -2.10. The van der Waals surface area contributed by atoms with Crippen molar-refractivity contribution in [1.29, 1.82) is 5.26 Å². The van der Waals surface area contributed by atoms with E-state index in [1.54, 1.807) is 25.1 Å². The molecule has 1 aromatic carbocycles. The molecule has 1 aromatic heterocycles. The van der Waals surface area contributed by atoms with Gasteiger partial charge in [-0.2, -0.15) is 18.4 Å². The molecule has 0 radical (unpaired) electrons. The molecule has 0 saturated carbocycles. The second-order valence-electron chi connectivity index (χ2n) is 4.24. The predicted molar refractivity (Wildman–Crippen MR) is 66.9 cm³/mol. The summed E-state index contributed by atoms with van der Waals surface area (Å²) < 4.78 is 43.0. The smallest absolute Gasteiger partial charge is 0.416 e. The summed E-state index contributed by atoms with van der Waals surface area (Å²) in [5, 5.41) is 11.8. The van der Waals surface area contributed by atoms with Gasteiger partial charge < -0.3 is 9.73 Å². The van der Waals surface area contributed by atoms with Crippen molar-refractivity contribution in [3.05, 3.63) is 53.0 Å². The van der Waals surface area contributed by atoms with Crippen molar-refractivity contribution < 1.29 is 17.6 Å². The number of benzene rings is 1. The van der Waals surface area contributed by atoms with Crippen molar-refractivity contribution in [1.82, 2.24) is 0 Å². The van der Waals surface area contributed by atoms with Crippen molar-refractivity contribution in [2.45, 2.75) is 19.6 Å². The van der Waals surface area contributed by atoms with Crippen LogP contribution in [0.4, 0.5) is 18.9 Å². The van der Waals surface area contributed by atoms with E-state index < -0.39 is 11.7 Å². The van der Waals surface area contributed by atoms with Crippen LogP contribution in [0.25, 0.3) is 0 Å². The van der Waals surface area contributed by atoms with Crippen LogP contribution >= 0.6 is 0 Å². The molecule has 0 saturated heterocycles. The standard InChI is InChI=1S/C14H11F3N2O/c1-9-2-4-12(20-9)8-19-13-5-3-11(14(15,16)17)6-10(13)7-18/h2-6,19H,8H2,1H3. The summed E-state index contributed by atoms with van der Waals surface area (Å²) in [6.07, 6.45) is -4.46. The zero-order chi connectivity index (χ0) is 14.8. The van der Waals surface area contributed by atoms with Gasteiger partial charge in [0.2, 0.25) is 0 Å². The van der Waals surface area contributed by atoms with Gasteiger partial charge in [-0.15, -0.1) is 0 Å². The van der Waals surface area contributed by atoms with Crippen molar-refractivity contribution in [3.63, 3.8) is 0 Å². The minimum Gasteiger partial charge on any atom is -0.465 e. The van der Waals surface area contributed by atoms with Crippen LogP contribution in [0.15, 0.2) is 34.7 Å². The Bertz CT molecular complexity index is 653. The number of rotatable bonds is 3. The third-order valence-electron chi connectivity index (χ3n) is 2.72. The maximum Gasteiger partial charge on any atom is 0.416 e. The van der Waals surface area contributed by atoms with Crippen LogP contribution in [0.5, 0.6) is 0 Å². The molecule has 0 fully saturated rings. The molecule has 0 bridgehead atoms. The Kier molecular flexibility index (Phi) is 3.70. The highest BCUT2D eigenvalue weighted by Crippen LogP contribution is 2.31. The molecule has 0 aliphatic heterocycles. The molecule has 2 rings (SSSR count). The summed E-state index contributed by atoms with van der Waals surface area (Å²) in [6, 6.07) is 8.32. The maximum atomic E-state index is 12.5. The molecule has 104 valence electrons. The molecular formula is C14H11F3N2O. The third-order valence-corrected chi connectivity index (χ3v) is 2.72. The number of hydrogen-bond donors (Lipinski definition) is 1. The van der Waals surface area contributed by atoms with E-state index in [-0.39, 0.29) is 5.56 Å². The number of anilines is 1. The number of hydrogen-bond acceptors (Lipinski definition) is 3. The number of nitriles is 1. The van der Waals surface area contributed by atoms with Crippen molar-refractivity contribution >= 4 is 5.69 Å². The molecule has 0 spiro atoms. The zero-order valence-electron chi connectivity index (χ0n) is 10.6. The molecule has 1 N–H and O–H groups in total.